The molecule has 0 aliphatic heterocycles. The summed E-state index contributed by atoms with van der Waals surface area (Å²) in [6.07, 6.45) is 22.2. The average Bonchev–Trinajstić information content (AvgIpc) is 3.16. The fourth-order valence-corrected chi connectivity index (χ4v) is 6.73. The maximum atomic E-state index is 10.4. The number of nitriles is 1. The predicted octanol–water partition coefficient (Wildman–Crippen LogP) is 9.56. The second kappa shape index (κ2) is 12.2. The third kappa shape index (κ3) is 5.63. The van der Waals surface area contributed by atoms with E-state index in [1.807, 2.05) is 47.8 Å². The molecule has 0 fully saturated rings. The lowest BCUT2D eigenvalue weighted by molar-refractivity contribution is 0.776. The van der Waals surface area contributed by atoms with Crippen LogP contribution in [0, 0.1) is 17.2 Å². The van der Waals surface area contributed by atoms with Crippen LogP contribution in [-0.2, 0) is 0 Å². The topological polar surface area (TPSA) is 62.2 Å². The van der Waals surface area contributed by atoms with E-state index in [-0.39, 0.29) is 5.92 Å². The van der Waals surface area contributed by atoms with Gasteiger partial charge in [-0.15, -0.1) is 11.3 Å². The van der Waals surface area contributed by atoms with Gasteiger partial charge in [-0.3, -0.25) is 0 Å². The van der Waals surface area contributed by atoms with Gasteiger partial charge < -0.3 is 5.73 Å². The van der Waals surface area contributed by atoms with Crippen molar-refractivity contribution in [3.05, 3.63) is 144 Å². The average molecular weight is 550 g/mol. The molecule has 2 aliphatic carbocycles. The molecular weight excluding hydrogens is 518 g/mol. The predicted molar refractivity (Wildman–Crippen MR) is 175 cm³/mol. The maximum absolute atomic E-state index is 10.4. The first-order valence-corrected chi connectivity index (χ1v) is 14.9. The lowest BCUT2D eigenvalue weighted by Crippen LogP contribution is -2.15. The van der Waals surface area contributed by atoms with Gasteiger partial charge in [-0.05, 0) is 48.4 Å². The number of hydrogen-bond acceptors (Lipinski definition) is 3. The van der Waals surface area contributed by atoms with Crippen molar-refractivity contribution in [3.8, 4) is 17.2 Å². The van der Waals surface area contributed by atoms with E-state index in [0.29, 0.717) is 17.1 Å². The fraction of sp³-hybridized carbons (Fsp3) is 0.135. The van der Waals surface area contributed by atoms with E-state index in [1.165, 1.54) is 25.7 Å². The van der Waals surface area contributed by atoms with E-state index >= 15 is 0 Å². The summed E-state index contributed by atoms with van der Waals surface area (Å²) in [4.78, 5) is 4.97. The van der Waals surface area contributed by atoms with E-state index in [9.17, 15) is 5.26 Å². The minimum atomic E-state index is -0.0648. The van der Waals surface area contributed by atoms with Gasteiger partial charge in [-0.1, -0.05) is 115 Å². The summed E-state index contributed by atoms with van der Waals surface area (Å²) >= 11 is 1.83. The van der Waals surface area contributed by atoms with Gasteiger partial charge in [0.25, 0.3) is 0 Å². The second-order valence-electron chi connectivity index (χ2n) is 10.3. The number of nitrogens with two attached hydrogens (primary N) is 1. The molecule has 6 rings (SSSR count). The third-order valence-electron chi connectivity index (χ3n) is 7.63. The molecule has 1 unspecified atom stereocenters. The van der Waals surface area contributed by atoms with Crippen molar-refractivity contribution >= 4 is 37.3 Å². The number of rotatable bonds is 5. The van der Waals surface area contributed by atoms with Gasteiger partial charge >= 0.3 is 0 Å². The van der Waals surface area contributed by atoms with Crippen LogP contribution in [0.15, 0.2) is 143 Å². The number of allylic oxidation sites excluding steroid dienone is 11. The van der Waals surface area contributed by atoms with Crippen LogP contribution >= 0.6 is 11.3 Å². The molecular formula is C37H31N3S. The molecule has 4 aromatic rings. The molecule has 1 atom stereocenters. The quantitative estimate of drug-likeness (QED) is 0.153. The Balaban J connectivity index is 1.39. The van der Waals surface area contributed by atoms with Crippen LogP contribution in [0.25, 0.3) is 31.3 Å². The van der Waals surface area contributed by atoms with E-state index in [2.05, 4.69) is 91.0 Å². The van der Waals surface area contributed by atoms with Gasteiger partial charge in [0.15, 0.2) is 0 Å². The lowest BCUT2D eigenvalue weighted by atomic mass is 9.90. The van der Waals surface area contributed by atoms with Gasteiger partial charge in [0.1, 0.15) is 5.84 Å². The number of fused-ring (bicyclic) bond motifs is 3. The molecule has 0 bridgehead atoms. The highest BCUT2D eigenvalue weighted by molar-refractivity contribution is 7.26. The van der Waals surface area contributed by atoms with Gasteiger partial charge in [-0.25, -0.2) is 4.99 Å². The van der Waals surface area contributed by atoms with E-state index in [1.54, 1.807) is 0 Å². The number of amidine groups is 1. The SMILES string of the molecule is N#C/C(=C(/N=C(N)c1ccc(-c2cccc3c2sc2ccccc23)cc1)C1=CC=CCCC1)C1/C=C/C=C\C=C/C1. The highest BCUT2D eigenvalue weighted by atomic mass is 32.1. The van der Waals surface area contributed by atoms with Crippen LogP contribution in [0.3, 0.4) is 0 Å². The molecule has 0 spiro atoms. The normalized spacial score (nSPS) is 20.3. The number of aliphatic imine (C=N–C) groups is 1. The number of benzene rings is 3. The summed E-state index contributed by atoms with van der Waals surface area (Å²) in [7, 11) is 0. The minimum absolute atomic E-state index is 0.0648. The first kappa shape index (κ1) is 26.5. The van der Waals surface area contributed by atoms with Crippen molar-refractivity contribution in [3.63, 3.8) is 0 Å². The summed E-state index contributed by atoms with van der Waals surface area (Å²) in [6, 6.07) is 25.9. The molecule has 3 aromatic carbocycles. The number of hydrogen-bond donors (Lipinski definition) is 1. The summed E-state index contributed by atoms with van der Waals surface area (Å²) in [6.45, 7) is 0. The fourth-order valence-electron chi connectivity index (χ4n) is 5.49. The molecule has 0 amide bonds. The Labute approximate surface area is 245 Å². The van der Waals surface area contributed by atoms with Gasteiger partial charge in [0, 0.05) is 31.7 Å². The summed E-state index contributed by atoms with van der Waals surface area (Å²) in [5.41, 5.74) is 12.3. The first-order valence-electron chi connectivity index (χ1n) is 14.1. The highest BCUT2D eigenvalue weighted by Crippen LogP contribution is 2.39. The van der Waals surface area contributed by atoms with E-state index in [0.717, 1.165) is 42.4 Å². The second-order valence-corrected chi connectivity index (χ2v) is 11.3. The van der Waals surface area contributed by atoms with Crippen LogP contribution in [0.2, 0.25) is 0 Å². The Kier molecular flexibility index (Phi) is 7.89. The molecule has 1 heterocycles. The number of nitrogens with zero attached hydrogens (tertiary/aromatic N) is 2. The zero-order valence-corrected chi connectivity index (χ0v) is 23.6. The molecule has 0 saturated carbocycles. The number of thiophene rings is 1. The minimum Gasteiger partial charge on any atom is -0.383 e. The molecule has 3 nitrogen and oxygen atoms in total. The van der Waals surface area contributed by atoms with Crippen molar-refractivity contribution < 1.29 is 0 Å². The summed E-state index contributed by atoms with van der Waals surface area (Å²) in [5, 5.41) is 12.9. The monoisotopic (exact) mass is 549 g/mol. The smallest absolute Gasteiger partial charge is 0.131 e. The maximum Gasteiger partial charge on any atom is 0.131 e. The Morgan fingerprint density at radius 1 is 0.878 bits per heavy atom. The summed E-state index contributed by atoms with van der Waals surface area (Å²) < 4.78 is 2.58. The van der Waals surface area contributed by atoms with Crippen molar-refractivity contribution in [1.82, 2.24) is 0 Å². The Morgan fingerprint density at radius 3 is 2.59 bits per heavy atom. The van der Waals surface area contributed by atoms with E-state index in [4.69, 9.17) is 10.7 Å². The van der Waals surface area contributed by atoms with Crippen LogP contribution in [0.4, 0.5) is 0 Å². The molecule has 0 radical (unpaired) electrons. The molecule has 2 N–H and O–H groups in total. The van der Waals surface area contributed by atoms with Crippen LogP contribution < -0.4 is 5.73 Å². The molecule has 200 valence electrons. The highest BCUT2D eigenvalue weighted by Gasteiger charge is 2.20. The molecule has 0 saturated heterocycles. The zero-order valence-electron chi connectivity index (χ0n) is 22.8. The first-order chi connectivity index (χ1) is 20.2. The van der Waals surface area contributed by atoms with Crippen LogP contribution in [0.5, 0.6) is 0 Å². The van der Waals surface area contributed by atoms with Gasteiger partial charge in [-0.2, -0.15) is 5.26 Å². The van der Waals surface area contributed by atoms with E-state index < -0.39 is 0 Å². The largest absolute Gasteiger partial charge is 0.383 e. The van der Waals surface area contributed by atoms with Crippen molar-refractivity contribution in [1.29, 1.82) is 5.26 Å². The Hall–Kier alpha value is -4.72. The molecule has 4 heteroatoms. The zero-order chi connectivity index (χ0) is 28.0. The molecule has 1 aromatic heterocycles. The third-order valence-corrected chi connectivity index (χ3v) is 8.85. The van der Waals surface area contributed by atoms with Gasteiger partial charge in [0.2, 0.25) is 0 Å². The van der Waals surface area contributed by atoms with Crippen LogP contribution in [0.1, 0.15) is 31.2 Å². The molecule has 41 heavy (non-hydrogen) atoms. The van der Waals surface area contributed by atoms with Crippen LogP contribution in [-0.4, -0.2) is 5.84 Å². The van der Waals surface area contributed by atoms with Crippen molar-refractivity contribution in [2.24, 2.45) is 16.6 Å². The van der Waals surface area contributed by atoms with Crippen molar-refractivity contribution in [2.45, 2.75) is 25.7 Å². The Bertz CT molecular complexity index is 1850. The molecule has 2 aliphatic rings. The van der Waals surface area contributed by atoms with Crippen molar-refractivity contribution in [2.75, 3.05) is 0 Å². The Morgan fingerprint density at radius 2 is 1.71 bits per heavy atom. The standard InChI is InChI=1S/C37H31N3S/c38-25-33(26-13-6-2-1-3-7-14-26)35(28-15-8-4-5-9-16-28)40-37(39)29-23-21-27(22-24-29)30-18-12-19-32-31-17-10-11-20-34(31)41-36(30)32/h1-4,6-8,10-13,15,17-24,26H,5,9,14,16H2,(H2,39,40)/b2-1-,7-3-,13-6+,35-33-. The lowest BCUT2D eigenvalue weighted by Gasteiger charge is -2.16. The summed E-state index contributed by atoms with van der Waals surface area (Å²) in [5.74, 6) is 0.351. The van der Waals surface area contributed by atoms with Gasteiger partial charge in [0.05, 0.1) is 17.3 Å².